The number of benzene rings is 5. The predicted octanol–water partition coefficient (Wildman–Crippen LogP) is 7.88. The summed E-state index contributed by atoms with van der Waals surface area (Å²) >= 11 is 0. The molecule has 35 heavy (non-hydrogen) atoms. The van der Waals surface area contributed by atoms with E-state index in [-0.39, 0.29) is 0 Å². The van der Waals surface area contributed by atoms with Gasteiger partial charge in [-0.05, 0) is 95.4 Å². The van der Waals surface area contributed by atoms with Crippen molar-refractivity contribution in [3.8, 4) is 34.0 Å². The summed E-state index contributed by atoms with van der Waals surface area (Å²) in [6.45, 7) is 2.12. The minimum absolute atomic E-state index is 0.666. The second kappa shape index (κ2) is 8.20. The van der Waals surface area contributed by atoms with Crippen LogP contribution in [-0.4, -0.2) is 4.57 Å². The number of aromatic nitrogens is 1. The van der Waals surface area contributed by atoms with Crippen molar-refractivity contribution < 1.29 is 0 Å². The van der Waals surface area contributed by atoms with Crippen LogP contribution >= 0.6 is 0 Å². The first kappa shape index (κ1) is 20.8. The minimum atomic E-state index is 0.666. The second-order valence-corrected chi connectivity index (χ2v) is 8.95. The maximum Gasteiger partial charge on any atom is 0.0991 e. The molecular formula is C32H23N3. The molecule has 0 unspecified atom stereocenters. The van der Waals surface area contributed by atoms with E-state index in [4.69, 9.17) is 11.0 Å². The zero-order valence-electron chi connectivity index (χ0n) is 19.4. The molecule has 0 saturated heterocycles. The Labute approximate surface area is 204 Å². The molecule has 3 heteroatoms. The zero-order valence-corrected chi connectivity index (χ0v) is 19.4. The average molecular weight is 450 g/mol. The standard InChI is InChI=1S/C32H23N3/c1-21-3-2-4-28(17-21)35-31-15-11-25(23-7-5-22(20-33)6-8-23)18-29(31)30-19-26(12-16-32(30)35)24-9-13-27(34)14-10-24/h2-19H,34H2,1H3. The van der Waals surface area contributed by atoms with E-state index in [1.54, 1.807) is 0 Å². The van der Waals surface area contributed by atoms with Gasteiger partial charge in [0.15, 0.2) is 0 Å². The molecule has 0 amide bonds. The highest BCUT2D eigenvalue weighted by Gasteiger charge is 2.15. The number of aryl methyl sites for hydroxylation is 1. The summed E-state index contributed by atoms with van der Waals surface area (Å²) in [5.41, 5.74) is 16.6. The summed E-state index contributed by atoms with van der Waals surface area (Å²) in [7, 11) is 0. The lowest BCUT2D eigenvalue weighted by molar-refractivity contribution is 1.17. The summed E-state index contributed by atoms with van der Waals surface area (Å²) < 4.78 is 2.34. The Kier molecular flexibility index (Phi) is 4.87. The molecule has 3 nitrogen and oxygen atoms in total. The van der Waals surface area contributed by atoms with Crippen molar-refractivity contribution in [2.24, 2.45) is 0 Å². The fourth-order valence-electron chi connectivity index (χ4n) is 4.84. The highest BCUT2D eigenvalue weighted by atomic mass is 15.0. The highest BCUT2D eigenvalue weighted by Crippen LogP contribution is 2.37. The van der Waals surface area contributed by atoms with Gasteiger partial charge in [0.05, 0.1) is 22.7 Å². The summed E-state index contributed by atoms with van der Waals surface area (Å²) in [6, 6.07) is 39.9. The van der Waals surface area contributed by atoms with Gasteiger partial charge in [-0.15, -0.1) is 0 Å². The van der Waals surface area contributed by atoms with Crippen LogP contribution in [0.25, 0.3) is 49.7 Å². The van der Waals surface area contributed by atoms with Gasteiger partial charge < -0.3 is 10.3 Å². The Balaban J connectivity index is 1.62. The Bertz CT molecular complexity index is 1750. The van der Waals surface area contributed by atoms with Gasteiger partial charge in [0.25, 0.3) is 0 Å². The summed E-state index contributed by atoms with van der Waals surface area (Å²) in [6.07, 6.45) is 0. The van der Waals surface area contributed by atoms with Crippen LogP contribution in [0.15, 0.2) is 109 Å². The van der Waals surface area contributed by atoms with Crippen LogP contribution in [0, 0.1) is 18.3 Å². The van der Waals surface area contributed by atoms with E-state index in [0.717, 1.165) is 39.1 Å². The number of fused-ring (bicyclic) bond motifs is 3. The van der Waals surface area contributed by atoms with Crippen LogP contribution in [0.5, 0.6) is 0 Å². The summed E-state index contributed by atoms with van der Waals surface area (Å²) in [5, 5.41) is 11.6. The molecule has 6 aromatic rings. The average Bonchev–Trinajstić information content (AvgIpc) is 3.22. The first-order chi connectivity index (χ1) is 17.1. The Hall–Kier alpha value is -4.81. The number of anilines is 1. The molecule has 0 spiro atoms. The highest BCUT2D eigenvalue weighted by molar-refractivity contribution is 6.11. The van der Waals surface area contributed by atoms with Gasteiger partial charge >= 0.3 is 0 Å². The van der Waals surface area contributed by atoms with Crippen molar-refractivity contribution in [1.82, 2.24) is 4.57 Å². The molecule has 6 rings (SSSR count). The molecule has 1 aromatic heterocycles. The number of hydrogen-bond acceptors (Lipinski definition) is 2. The molecule has 0 saturated carbocycles. The third-order valence-electron chi connectivity index (χ3n) is 6.62. The molecule has 0 fully saturated rings. The molecule has 2 N–H and O–H groups in total. The van der Waals surface area contributed by atoms with Gasteiger partial charge in [-0.3, -0.25) is 0 Å². The maximum absolute atomic E-state index is 9.16. The number of rotatable bonds is 3. The number of nitrogens with zero attached hydrogens (tertiary/aromatic N) is 2. The molecule has 1 heterocycles. The summed E-state index contributed by atoms with van der Waals surface area (Å²) in [4.78, 5) is 0. The monoisotopic (exact) mass is 449 g/mol. The lowest BCUT2D eigenvalue weighted by Crippen LogP contribution is -1.94. The fraction of sp³-hybridized carbons (Fsp3) is 0.0312. The van der Waals surface area contributed by atoms with E-state index < -0.39 is 0 Å². The van der Waals surface area contributed by atoms with Crippen LogP contribution < -0.4 is 5.73 Å². The molecular weight excluding hydrogens is 426 g/mol. The molecule has 0 bridgehead atoms. The molecule has 166 valence electrons. The quantitative estimate of drug-likeness (QED) is 0.279. The first-order valence-electron chi connectivity index (χ1n) is 11.6. The molecule has 0 aliphatic heterocycles. The van der Waals surface area contributed by atoms with Gasteiger partial charge in [0.2, 0.25) is 0 Å². The Morgan fingerprint density at radius 1 is 0.629 bits per heavy atom. The molecule has 0 radical (unpaired) electrons. The van der Waals surface area contributed by atoms with E-state index in [0.29, 0.717) is 5.56 Å². The predicted molar refractivity (Wildman–Crippen MR) is 146 cm³/mol. The minimum Gasteiger partial charge on any atom is -0.399 e. The van der Waals surface area contributed by atoms with Crippen molar-refractivity contribution in [3.05, 3.63) is 120 Å². The summed E-state index contributed by atoms with van der Waals surface area (Å²) in [5.74, 6) is 0. The van der Waals surface area contributed by atoms with Crippen molar-refractivity contribution in [3.63, 3.8) is 0 Å². The van der Waals surface area contributed by atoms with Crippen LogP contribution in [0.3, 0.4) is 0 Å². The number of hydrogen-bond donors (Lipinski definition) is 1. The largest absolute Gasteiger partial charge is 0.399 e. The van der Waals surface area contributed by atoms with E-state index in [9.17, 15) is 0 Å². The molecule has 0 aliphatic carbocycles. The normalized spacial score (nSPS) is 11.1. The molecule has 0 aliphatic rings. The van der Waals surface area contributed by atoms with E-state index in [1.165, 1.54) is 21.9 Å². The number of nitrogen functional groups attached to an aromatic ring is 1. The number of nitriles is 1. The van der Waals surface area contributed by atoms with E-state index in [2.05, 4.69) is 90.4 Å². The fourth-order valence-corrected chi connectivity index (χ4v) is 4.84. The van der Waals surface area contributed by atoms with Crippen LogP contribution in [0.1, 0.15) is 11.1 Å². The topological polar surface area (TPSA) is 54.7 Å². The lowest BCUT2D eigenvalue weighted by atomic mass is 10.00. The van der Waals surface area contributed by atoms with E-state index >= 15 is 0 Å². The van der Waals surface area contributed by atoms with Crippen LogP contribution in [0.2, 0.25) is 0 Å². The van der Waals surface area contributed by atoms with Crippen LogP contribution in [-0.2, 0) is 0 Å². The Morgan fingerprint density at radius 2 is 1.17 bits per heavy atom. The third kappa shape index (κ3) is 3.62. The first-order valence-corrected chi connectivity index (χ1v) is 11.6. The Morgan fingerprint density at radius 3 is 1.71 bits per heavy atom. The third-order valence-corrected chi connectivity index (χ3v) is 6.62. The lowest BCUT2D eigenvalue weighted by Gasteiger charge is -2.09. The number of nitrogens with two attached hydrogens (primary N) is 1. The maximum atomic E-state index is 9.16. The van der Waals surface area contributed by atoms with Crippen molar-refractivity contribution in [1.29, 1.82) is 5.26 Å². The molecule has 0 atom stereocenters. The van der Waals surface area contributed by atoms with Crippen LogP contribution in [0.4, 0.5) is 5.69 Å². The van der Waals surface area contributed by atoms with Gasteiger partial charge in [-0.1, -0.05) is 48.5 Å². The van der Waals surface area contributed by atoms with E-state index in [1.807, 2.05) is 36.4 Å². The van der Waals surface area contributed by atoms with Gasteiger partial charge in [-0.25, -0.2) is 0 Å². The smallest absolute Gasteiger partial charge is 0.0991 e. The SMILES string of the molecule is Cc1cccc(-n2c3ccc(-c4ccc(N)cc4)cc3c3cc(-c4ccc(C#N)cc4)ccc32)c1. The second-order valence-electron chi connectivity index (χ2n) is 8.95. The van der Waals surface area contributed by atoms with Crippen molar-refractivity contribution in [2.45, 2.75) is 6.92 Å². The van der Waals surface area contributed by atoms with Gasteiger partial charge in [0, 0.05) is 22.1 Å². The van der Waals surface area contributed by atoms with Gasteiger partial charge in [-0.2, -0.15) is 5.26 Å². The van der Waals surface area contributed by atoms with Gasteiger partial charge in [0.1, 0.15) is 0 Å². The molecule has 5 aromatic carbocycles. The van der Waals surface area contributed by atoms with Crippen molar-refractivity contribution >= 4 is 27.5 Å². The zero-order chi connectivity index (χ0) is 23.9. The van der Waals surface area contributed by atoms with Crippen molar-refractivity contribution in [2.75, 3.05) is 5.73 Å².